The normalized spacial score (nSPS) is 17.7. The monoisotopic (exact) mass is 418 g/mol. The molecule has 1 aliphatic rings. The molecule has 31 heavy (non-hydrogen) atoms. The number of ether oxygens (including phenoxy) is 1. The highest BCUT2D eigenvalue weighted by atomic mass is 16.5. The van der Waals surface area contributed by atoms with Crippen LogP contribution in [0.5, 0.6) is 11.6 Å². The summed E-state index contributed by atoms with van der Waals surface area (Å²) in [6.07, 6.45) is 5.37. The molecule has 0 bridgehead atoms. The number of nitrogens with zero attached hydrogens (tertiary/aromatic N) is 5. The van der Waals surface area contributed by atoms with Gasteiger partial charge in [0, 0.05) is 24.2 Å². The summed E-state index contributed by atoms with van der Waals surface area (Å²) < 4.78 is 7.36. The van der Waals surface area contributed by atoms with Crippen LogP contribution in [0.1, 0.15) is 35.7 Å². The van der Waals surface area contributed by atoms with Crippen LogP contribution >= 0.6 is 0 Å². The van der Waals surface area contributed by atoms with Crippen LogP contribution in [0.15, 0.2) is 60.5 Å². The number of piperidine rings is 1. The summed E-state index contributed by atoms with van der Waals surface area (Å²) in [6, 6.07) is 11.0. The number of hydrogen-bond acceptors (Lipinski definition) is 6. The molecule has 8 heteroatoms. The molecule has 4 rings (SSSR count). The van der Waals surface area contributed by atoms with E-state index in [-0.39, 0.29) is 11.7 Å². The van der Waals surface area contributed by atoms with Gasteiger partial charge in [0.25, 0.3) is 0 Å². The summed E-state index contributed by atoms with van der Waals surface area (Å²) in [6.45, 7) is 6.73. The highest BCUT2D eigenvalue weighted by molar-refractivity contribution is 5.93. The summed E-state index contributed by atoms with van der Waals surface area (Å²) in [5.41, 5.74) is 3.54. The Balaban J connectivity index is 1.68. The van der Waals surface area contributed by atoms with Crippen LogP contribution < -0.4 is 10.6 Å². The van der Waals surface area contributed by atoms with E-state index in [0.29, 0.717) is 29.7 Å². The number of methoxy groups -OCH3 is 1. The fourth-order valence-electron chi connectivity index (χ4n) is 3.82. The fourth-order valence-corrected chi connectivity index (χ4v) is 3.82. The minimum absolute atomic E-state index is 0.119. The first kappa shape index (κ1) is 20.6. The van der Waals surface area contributed by atoms with Gasteiger partial charge in [0.05, 0.1) is 30.5 Å². The van der Waals surface area contributed by atoms with Crippen LogP contribution in [0.25, 0.3) is 11.4 Å². The van der Waals surface area contributed by atoms with Gasteiger partial charge in [0.1, 0.15) is 17.3 Å². The van der Waals surface area contributed by atoms with E-state index in [1.165, 1.54) is 0 Å². The number of pyridine rings is 1. The Morgan fingerprint density at radius 1 is 1.29 bits per heavy atom. The molecule has 0 radical (unpaired) electrons. The van der Waals surface area contributed by atoms with E-state index < -0.39 is 0 Å². The molecule has 0 aliphatic carbocycles. The average molecular weight is 419 g/mol. The molecule has 3 aromatic rings. The number of amidine groups is 1. The number of benzene rings is 1. The summed E-state index contributed by atoms with van der Waals surface area (Å²) in [5.74, 6) is 7.49. The Morgan fingerprint density at radius 3 is 2.81 bits per heavy atom. The van der Waals surface area contributed by atoms with Gasteiger partial charge in [-0.2, -0.15) is 0 Å². The van der Waals surface area contributed by atoms with Gasteiger partial charge in [0.2, 0.25) is 5.88 Å². The number of phenolic OH excluding ortho intramolecular Hbond substituents is 1. The van der Waals surface area contributed by atoms with Gasteiger partial charge in [-0.3, -0.25) is 5.01 Å². The predicted molar refractivity (Wildman–Crippen MR) is 120 cm³/mol. The zero-order chi connectivity index (χ0) is 22.0. The van der Waals surface area contributed by atoms with Crippen LogP contribution in [0.3, 0.4) is 0 Å². The molecule has 1 aromatic carbocycles. The molecule has 1 fully saturated rings. The Morgan fingerprint density at radius 2 is 2.10 bits per heavy atom. The largest absolute Gasteiger partial charge is 0.508 e. The maximum absolute atomic E-state index is 10.4. The van der Waals surface area contributed by atoms with Crippen molar-refractivity contribution in [3.63, 3.8) is 0 Å². The van der Waals surface area contributed by atoms with Crippen molar-refractivity contribution < 1.29 is 9.84 Å². The molecule has 1 aliphatic heterocycles. The van der Waals surface area contributed by atoms with Crippen molar-refractivity contribution in [2.45, 2.75) is 25.7 Å². The zero-order valence-electron chi connectivity index (χ0n) is 17.7. The maximum atomic E-state index is 10.4. The van der Waals surface area contributed by atoms with Crippen LogP contribution in [0.4, 0.5) is 0 Å². The molecule has 2 aromatic heterocycles. The van der Waals surface area contributed by atoms with Crippen LogP contribution in [0.2, 0.25) is 0 Å². The number of aryl methyl sites for hydroxylation is 1. The zero-order valence-corrected chi connectivity index (χ0v) is 17.7. The molecule has 0 unspecified atom stereocenters. The third kappa shape index (κ3) is 4.15. The summed E-state index contributed by atoms with van der Waals surface area (Å²) in [4.78, 5) is 13.6. The molecule has 1 atom stereocenters. The van der Waals surface area contributed by atoms with Crippen LogP contribution in [-0.4, -0.2) is 44.1 Å². The van der Waals surface area contributed by atoms with Gasteiger partial charge in [-0.15, -0.1) is 0 Å². The number of aromatic nitrogens is 3. The van der Waals surface area contributed by atoms with Crippen molar-refractivity contribution >= 4 is 11.5 Å². The quantitative estimate of drug-likeness (QED) is 0.616. The topological polar surface area (TPSA) is 102 Å². The minimum Gasteiger partial charge on any atom is -0.508 e. The first-order valence-electron chi connectivity index (χ1n) is 10.1. The van der Waals surface area contributed by atoms with E-state index in [0.717, 1.165) is 29.8 Å². The molecular weight excluding hydrogens is 392 g/mol. The summed E-state index contributed by atoms with van der Waals surface area (Å²) in [5, 5.41) is 12.0. The summed E-state index contributed by atoms with van der Waals surface area (Å²) >= 11 is 0. The predicted octanol–water partition coefficient (Wildman–Crippen LogP) is 3.41. The molecule has 8 nitrogen and oxygen atoms in total. The van der Waals surface area contributed by atoms with E-state index in [2.05, 4.69) is 16.5 Å². The number of para-hydroxylation sites is 1. The number of aromatic hydroxyl groups is 1. The van der Waals surface area contributed by atoms with Crippen LogP contribution in [0, 0.1) is 6.92 Å². The van der Waals surface area contributed by atoms with Gasteiger partial charge in [0.15, 0.2) is 0 Å². The number of hydrogen-bond donors (Lipinski definition) is 2. The Bertz CT molecular complexity index is 1140. The second-order valence-corrected chi connectivity index (χ2v) is 7.51. The molecule has 0 saturated carbocycles. The van der Waals surface area contributed by atoms with Gasteiger partial charge >= 0.3 is 0 Å². The van der Waals surface area contributed by atoms with E-state index in [9.17, 15) is 5.11 Å². The van der Waals surface area contributed by atoms with Crippen molar-refractivity contribution in [2.24, 2.45) is 10.8 Å². The van der Waals surface area contributed by atoms with E-state index in [1.807, 2.05) is 42.0 Å². The molecule has 160 valence electrons. The first-order valence-corrected chi connectivity index (χ1v) is 10.1. The number of nitrogens with two attached hydrogens (primary N) is 1. The van der Waals surface area contributed by atoms with Crippen molar-refractivity contribution in [3.05, 3.63) is 72.5 Å². The van der Waals surface area contributed by atoms with E-state index in [4.69, 9.17) is 15.6 Å². The second-order valence-electron chi connectivity index (χ2n) is 7.51. The first-order chi connectivity index (χ1) is 15.0. The highest BCUT2D eigenvalue weighted by Gasteiger charge is 2.28. The SMILES string of the molecule is C=C(/N=C1/[C@@H](c2ccccc2O)CCCN1N)c1ccc(-n2cnc(C)c2)c(OC)n1. The van der Waals surface area contributed by atoms with Crippen molar-refractivity contribution in [1.82, 2.24) is 19.5 Å². The van der Waals surface area contributed by atoms with Crippen molar-refractivity contribution in [1.29, 1.82) is 0 Å². The van der Waals surface area contributed by atoms with E-state index >= 15 is 0 Å². The number of hydrazine groups is 1. The van der Waals surface area contributed by atoms with Gasteiger partial charge in [-0.05, 0) is 38.0 Å². The van der Waals surface area contributed by atoms with Gasteiger partial charge in [-0.1, -0.05) is 24.8 Å². The lowest BCUT2D eigenvalue weighted by molar-refractivity contribution is 0.364. The Kier molecular flexibility index (Phi) is 5.73. The third-order valence-electron chi connectivity index (χ3n) is 5.38. The molecule has 1 saturated heterocycles. The summed E-state index contributed by atoms with van der Waals surface area (Å²) in [7, 11) is 1.57. The standard InChI is InChI=1S/C23H26N6O2/c1-15-13-28(14-25-15)20-11-10-19(27-23(20)31-3)16(2)26-22-18(8-6-12-29(22)24)17-7-4-5-9-21(17)30/h4-5,7,9-11,13-14,18,30H,2,6,8,12,24H2,1,3H3/b26-22-/t18-/m1/s1. The molecule has 0 spiro atoms. The smallest absolute Gasteiger partial charge is 0.238 e. The third-order valence-corrected chi connectivity index (χ3v) is 5.38. The Labute approximate surface area is 181 Å². The number of imidazole rings is 1. The fraction of sp³-hybridized carbons (Fsp3) is 0.261. The lowest BCUT2D eigenvalue weighted by atomic mass is 9.89. The Hall–Kier alpha value is -3.65. The van der Waals surface area contributed by atoms with Gasteiger partial charge < -0.3 is 14.4 Å². The van der Waals surface area contributed by atoms with Gasteiger partial charge in [-0.25, -0.2) is 20.8 Å². The van der Waals surface area contributed by atoms with Crippen molar-refractivity contribution in [3.8, 4) is 17.3 Å². The highest BCUT2D eigenvalue weighted by Crippen LogP contribution is 2.34. The molecule has 0 amide bonds. The maximum Gasteiger partial charge on any atom is 0.238 e. The number of rotatable bonds is 5. The molecular formula is C23H26N6O2. The molecule has 3 N–H and O–H groups in total. The van der Waals surface area contributed by atoms with E-state index in [1.54, 1.807) is 30.6 Å². The minimum atomic E-state index is -0.119. The lowest BCUT2D eigenvalue weighted by Gasteiger charge is -2.33. The lowest BCUT2D eigenvalue weighted by Crippen LogP contribution is -2.45. The molecule has 3 heterocycles. The average Bonchev–Trinajstić information content (AvgIpc) is 3.21. The van der Waals surface area contributed by atoms with Crippen LogP contribution in [-0.2, 0) is 0 Å². The number of aliphatic imine (C=N–C) groups is 1. The number of phenols is 1. The second kappa shape index (κ2) is 8.61. The van der Waals surface area contributed by atoms with Crippen molar-refractivity contribution in [2.75, 3.05) is 13.7 Å².